The van der Waals surface area contributed by atoms with E-state index in [-0.39, 0.29) is 5.91 Å². The molecule has 0 radical (unpaired) electrons. The van der Waals surface area contributed by atoms with Crippen molar-refractivity contribution in [2.75, 3.05) is 11.9 Å². The number of hydrogen-bond acceptors (Lipinski definition) is 4. The number of rotatable bonds is 4. The molecule has 0 fully saturated rings. The SMILES string of the molecule is CCOc1ccccc1NC(=O)c1nc(C)sc1C. The molecule has 1 amide bonds. The Kier molecular flexibility index (Phi) is 4.16. The van der Waals surface area contributed by atoms with E-state index in [2.05, 4.69) is 10.3 Å². The molecule has 0 saturated carbocycles. The van der Waals surface area contributed by atoms with E-state index < -0.39 is 0 Å². The standard InChI is InChI=1S/C14H16N2O2S/c1-4-18-12-8-6-5-7-11(12)16-14(17)13-9(2)19-10(3)15-13/h5-8H,4H2,1-3H3,(H,16,17). The van der Waals surface area contributed by atoms with E-state index >= 15 is 0 Å². The zero-order valence-corrected chi connectivity index (χ0v) is 12.0. The van der Waals surface area contributed by atoms with E-state index in [4.69, 9.17) is 4.74 Å². The summed E-state index contributed by atoms with van der Waals surface area (Å²) in [5, 5.41) is 3.74. The van der Waals surface area contributed by atoms with Crippen molar-refractivity contribution in [2.24, 2.45) is 0 Å². The molecule has 1 aromatic carbocycles. The molecule has 0 aliphatic heterocycles. The summed E-state index contributed by atoms with van der Waals surface area (Å²) in [6.45, 7) is 6.25. The number of aromatic nitrogens is 1. The lowest BCUT2D eigenvalue weighted by molar-refractivity contribution is 0.102. The van der Waals surface area contributed by atoms with Crippen molar-refractivity contribution < 1.29 is 9.53 Å². The lowest BCUT2D eigenvalue weighted by atomic mass is 10.2. The maximum atomic E-state index is 12.2. The summed E-state index contributed by atoms with van der Waals surface area (Å²) in [7, 11) is 0. The smallest absolute Gasteiger partial charge is 0.275 e. The molecule has 0 aliphatic rings. The van der Waals surface area contributed by atoms with Crippen LogP contribution in [0.5, 0.6) is 5.75 Å². The topological polar surface area (TPSA) is 51.2 Å². The first-order chi connectivity index (χ1) is 9.11. The quantitative estimate of drug-likeness (QED) is 0.931. The Balaban J connectivity index is 2.21. The molecule has 4 nitrogen and oxygen atoms in total. The molecule has 1 aromatic heterocycles. The van der Waals surface area contributed by atoms with Crippen LogP contribution in [0.1, 0.15) is 27.3 Å². The number of amides is 1. The van der Waals surface area contributed by atoms with E-state index in [0.29, 0.717) is 23.7 Å². The second-order valence-corrected chi connectivity index (χ2v) is 5.43. The van der Waals surface area contributed by atoms with Crippen LogP contribution in [0, 0.1) is 13.8 Å². The van der Waals surface area contributed by atoms with Gasteiger partial charge >= 0.3 is 0 Å². The monoisotopic (exact) mass is 276 g/mol. The van der Waals surface area contributed by atoms with Crippen LogP contribution in [-0.2, 0) is 0 Å². The van der Waals surface area contributed by atoms with Crippen LogP contribution in [0.25, 0.3) is 0 Å². The van der Waals surface area contributed by atoms with Gasteiger partial charge < -0.3 is 10.1 Å². The zero-order chi connectivity index (χ0) is 13.8. The highest BCUT2D eigenvalue weighted by Gasteiger charge is 2.15. The number of nitrogens with one attached hydrogen (secondary N) is 1. The highest BCUT2D eigenvalue weighted by molar-refractivity contribution is 7.11. The minimum absolute atomic E-state index is 0.200. The zero-order valence-electron chi connectivity index (χ0n) is 11.2. The average molecular weight is 276 g/mol. The molecule has 1 heterocycles. The average Bonchev–Trinajstić information content (AvgIpc) is 2.71. The van der Waals surface area contributed by atoms with Crippen molar-refractivity contribution in [3.8, 4) is 5.75 Å². The number of para-hydroxylation sites is 2. The first-order valence-electron chi connectivity index (χ1n) is 6.09. The van der Waals surface area contributed by atoms with Crippen molar-refractivity contribution in [2.45, 2.75) is 20.8 Å². The highest BCUT2D eigenvalue weighted by Crippen LogP contribution is 2.25. The van der Waals surface area contributed by atoms with E-state index in [1.165, 1.54) is 11.3 Å². The molecule has 100 valence electrons. The van der Waals surface area contributed by atoms with Crippen molar-refractivity contribution in [1.29, 1.82) is 0 Å². The molecule has 19 heavy (non-hydrogen) atoms. The van der Waals surface area contributed by atoms with Gasteiger partial charge in [-0.2, -0.15) is 0 Å². The molecule has 0 saturated heterocycles. The molecule has 0 bridgehead atoms. The summed E-state index contributed by atoms with van der Waals surface area (Å²) >= 11 is 1.52. The number of nitrogens with zero attached hydrogens (tertiary/aromatic N) is 1. The molecular weight excluding hydrogens is 260 g/mol. The van der Waals surface area contributed by atoms with Gasteiger partial charge in [-0.25, -0.2) is 4.98 Å². The van der Waals surface area contributed by atoms with Crippen LogP contribution in [-0.4, -0.2) is 17.5 Å². The molecular formula is C14H16N2O2S. The maximum absolute atomic E-state index is 12.2. The van der Waals surface area contributed by atoms with Gasteiger partial charge in [-0.15, -0.1) is 11.3 Å². The van der Waals surface area contributed by atoms with Crippen molar-refractivity contribution in [3.63, 3.8) is 0 Å². The van der Waals surface area contributed by atoms with Crippen molar-refractivity contribution in [3.05, 3.63) is 39.8 Å². The number of hydrogen-bond donors (Lipinski definition) is 1. The molecule has 0 unspecified atom stereocenters. The number of ether oxygens (including phenoxy) is 1. The van der Waals surface area contributed by atoms with Gasteiger partial charge in [0.2, 0.25) is 0 Å². The predicted octanol–water partition coefficient (Wildman–Crippen LogP) is 3.41. The van der Waals surface area contributed by atoms with Crippen LogP contribution in [0.2, 0.25) is 0 Å². The minimum atomic E-state index is -0.200. The third kappa shape index (κ3) is 3.12. The Morgan fingerprint density at radius 1 is 1.37 bits per heavy atom. The Labute approximate surface area is 116 Å². The summed E-state index contributed by atoms with van der Waals surface area (Å²) in [5.41, 5.74) is 1.15. The van der Waals surface area contributed by atoms with E-state index in [1.54, 1.807) is 0 Å². The molecule has 0 aliphatic carbocycles. The number of anilines is 1. The fourth-order valence-electron chi connectivity index (χ4n) is 1.77. The van der Waals surface area contributed by atoms with E-state index in [9.17, 15) is 4.79 Å². The van der Waals surface area contributed by atoms with Gasteiger partial charge in [-0.3, -0.25) is 4.79 Å². The number of carbonyl (C=O) groups is 1. The fourth-order valence-corrected chi connectivity index (χ4v) is 2.59. The third-order valence-electron chi connectivity index (χ3n) is 2.55. The minimum Gasteiger partial charge on any atom is -0.492 e. The van der Waals surface area contributed by atoms with Crippen molar-refractivity contribution >= 4 is 22.9 Å². The van der Waals surface area contributed by atoms with Gasteiger partial charge in [0.15, 0.2) is 0 Å². The summed E-state index contributed by atoms with van der Waals surface area (Å²) in [6.07, 6.45) is 0. The van der Waals surface area contributed by atoms with Crippen molar-refractivity contribution in [1.82, 2.24) is 4.98 Å². The van der Waals surface area contributed by atoms with Gasteiger partial charge in [0.25, 0.3) is 5.91 Å². The lowest BCUT2D eigenvalue weighted by Gasteiger charge is -2.10. The second-order valence-electron chi connectivity index (χ2n) is 4.02. The predicted molar refractivity (Wildman–Crippen MR) is 77.2 cm³/mol. The maximum Gasteiger partial charge on any atom is 0.275 e. The highest BCUT2D eigenvalue weighted by atomic mass is 32.1. The van der Waals surface area contributed by atoms with Gasteiger partial charge in [0.1, 0.15) is 11.4 Å². The second kappa shape index (κ2) is 5.84. The van der Waals surface area contributed by atoms with Crippen LogP contribution in [0.15, 0.2) is 24.3 Å². The summed E-state index contributed by atoms with van der Waals surface area (Å²) in [5.74, 6) is 0.469. The Morgan fingerprint density at radius 3 is 2.74 bits per heavy atom. The Bertz CT molecular complexity index is 593. The van der Waals surface area contributed by atoms with Crippen LogP contribution >= 0.6 is 11.3 Å². The largest absolute Gasteiger partial charge is 0.492 e. The molecule has 2 aromatic rings. The summed E-state index contributed by atoms with van der Waals surface area (Å²) < 4.78 is 5.48. The first-order valence-corrected chi connectivity index (χ1v) is 6.90. The normalized spacial score (nSPS) is 10.3. The van der Waals surface area contributed by atoms with Crippen LogP contribution < -0.4 is 10.1 Å². The van der Waals surface area contributed by atoms with Gasteiger partial charge in [-0.1, -0.05) is 12.1 Å². The van der Waals surface area contributed by atoms with Gasteiger partial charge in [0.05, 0.1) is 17.3 Å². The summed E-state index contributed by atoms with van der Waals surface area (Å²) in [4.78, 5) is 17.4. The molecule has 2 rings (SSSR count). The number of benzene rings is 1. The van der Waals surface area contributed by atoms with E-state index in [1.807, 2.05) is 45.0 Å². The van der Waals surface area contributed by atoms with E-state index in [0.717, 1.165) is 9.88 Å². The summed E-state index contributed by atoms with van der Waals surface area (Å²) in [6, 6.07) is 7.38. The molecule has 5 heteroatoms. The molecule has 0 spiro atoms. The lowest BCUT2D eigenvalue weighted by Crippen LogP contribution is -2.14. The van der Waals surface area contributed by atoms with Crippen LogP contribution in [0.3, 0.4) is 0 Å². The Morgan fingerprint density at radius 2 is 2.11 bits per heavy atom. The van der Waals surface area contributed by atoms with Gasteiger partial charge in [-0.05, 0) is 32.9 Å². The van der Waals surface area contributed by atoms with Crippen LogP contribution in [0.4, 0.5) is 5.69 Å². The molecule has 1 N–H and O–H groups in total. The van der Waals surface area contributed by atoms with Gasteiger partial charge in [0, 0.05) is 4.88 Å². The number of thiazole rings is 1. The molecule has 0 atom stereocenters. The third-order valence-corrected chi connectivity index (χ3v) is 3.44. The number of aryl methyl sites for hydroxylation is 2. The first kappa shape index (κ1) is 13.5. The fraction of sp³-hybridized carbons (Fsp3) is 0.286. The Hall–Kier alpha value is -1.88. The number of carbonyl (C=O) groups excluding carboxylic acids is 1.